The zero-order valence-electron chi connectivity index (χ0n) is 13.9. The molecule has 126 valence electrons. The van der Waals surface area contributed by atoms with Gasteiger partial charge in [0.1, 0.15) is 11.4 Å². The van der Waals surface area contributed by atoms with E-state index < -0.39 is 5.91 Å². The van der Waals surface area contributed by atoms with Crippen molar-refractivity contribution in [3.8, 4) is 0 Å². The number of nitrogens with two attached hydrogens (primary N) is 1. The van der Waals surface area contributed by atoms with Crippen molar-refractivity contribution in [3.05, 3.63) is 35.4 Å². The molecule has 4 N–H and O–H groups in total. The molecule has 24 heavy (non-hydrogen) atoms. The molecular weight excluding hydrogens is 304 g/mol. The Bertz CT molecular complexity index is 766. The Balaban J connectivity index is 1.85. The summed E-state index contributed by atoms with van der Waals surface area (Å²) in [5, 5.41) is 10.1. The summed E-state index contributed by atoms with van der Waals surface area (Å²) in [6, 6.07) is 8.10. The maximum absolute atomic E-state index is 11.9. The number of H-pyrrole nitrogens is 1. The van der Waals surface area contributed by atoms with Gasteiger partial charge in [0.15, 0.2) is 5.82 Å². The van der Waals surface area contributed by atoms with Gasteiger partial charge in [0.2, 0.25) is 0 Å². The van der Waals surface area contributed by atoms with E-state index in [1.807, 2.05) is 37.4 Å². The van der Waals surface area contributed by atoms with Crippen LogP contribution in [0.3, 0.4) is 0 Å². The molecule has 2 aromatic rings. The molecular formula is C17H22N6O. The number of primary amides is 1. The van der Waals surface area contributed by atoms with Gasteiger partial charge in [-0.15, -0.1) is 0 Å². The lowest BCUT2D eigenvalue weighted by atomic mass is 10.2. The van der Waals surface area contributed by atoms with Gasteiger partial charge in [0, 0.05) is 17.9 Å². The van der Waals surface area contributed by atoms with Crippen LogP contribution in [-0.2, 0) is 0 Å². The van der Waals surface area contributed by atoms with E-state index in [4.69, 9.17) is 5.73 Å². The highest BCUT2D eigenvalue weighted by atomic mass is 16.1. The number of rotatable bonds is 5. The SMILES string of the molecule is Cc1cccc(Nc2[nH]nc(N=CC3CCCN3C)c2C(N)=O)c1. The predicted molar refractivity (Wildman–Crippen MR) is 95.4 cm³/mol. The zero-order chi connectivity index (χ0) is 17.1. The van der Waals surface area contributed by atoms with Crippen LogP contribution in [0.25, 0.3) is 0 Å². The van der Waals surface area contributed by atoms with E-state index in [9.17, 15) is 4.79 Å². The minimum absolute atomic E-state index is 0.272. The van der Waals surface area contributed by atoms with E-state index in [0.29, 0.717) is 11.6 Å². The summed E-state index contributed by atoms with van der Waals surface area (Å²) in [5.41, 5.74) is 7.77. The summed E-state index contributed by atoms with van der Waals surface area (Å²) in [6.45, 7) is 3.06. The molecule has 7 heteroatoms. The fraction of sp³-hybridized carbons (Fsp3) is 0.353. The number of nitrogens with zero attached hydrogens (tertiary/aromatic N) is 3. The molecule has 1 amide bonds. The molecule has 7 nitrogen and oxygen atoms in total. The zero-order valence-corrected chi connectivity index (χ0v) is 13.9. The number of benzene rings is 1. The molecule has 1 aromatic carbocycles. The molecule has 0 spiro atoms. The van der Waals surface area contributed by atoms with Crippen LogP contribution in [0.1, 0.15) is 28.8 Å². The Labute approximate surface area is 141 Å². The summed E-state index contributed by atoms with van der Waals surface area (Å²) >= 11 is 0. The second kappa shape index (κ2) is 6.84. The molecule has 0 bridgehead atoms. The number of aromatic nitrogens is 2. The van der Waals surface area contributed by atoms with E-state index in [0.717, 1.165) is 30.6 Å². The molecule has 1 saturated heterocycles. The number of anilines is 2. The van der Waals surface area contributed by atoms with Crippen LogP contribution in [-0.4, -0.2) is 46.9 Å². The van der Waals surface area contributed by atoms with E-state index in [1.54, 1.807) is 0 Å². The van der Waals surface area contributed by atoms with Crippen LogP contribution in [0.15, 0.2) is 29.3 Å². The third-order valence-electron chi connectivity index (χ3n) is 4.23. The Morgan fingerprint density at radius 1 is 1.54 bits per heavy atom. The lowest BCUT2D eigenvalue weighted by Crippen LogP contribution is -2.25. The summed E-state index contributed by atoms with van der Waals surface area (Å²) in [5.74, 6) is 0.212. The Morgan fingerprint density at radius 2 is 2.38 bits per heavy atom. The molecule has 1 aliphatic rings. The monoisotopic (exact) mass is 326 g/mol. The van der Waals surface area contributed by atoms with Crippen molar-refractivity contribution in [1.82, 2.24) is 15.1 Å². The number of hydrogen-bond donors (Lipinski definition) is 3. The van der Waals surface area contributed by atoms with Crippen LogP contribution >= 0.6 is 0 Å². The van der Waals surface area contributed by atoms with Gasteiger partial charge in [-0.05, 0) is 51.1 Å². The van der Waals surface area contributed by atoms with Crippen LogP contribution in [0.4, 0.5) is 17.3 Å². The number of hydrogen-bond acceptors (Lipinski definition) is 5. The van der Waals surface area contributed by atoms with Crippen molar-refractivity contribution in [1.29, 1.82) is 0 Å². The Morgan fingerprint density at radius 3 is 3.04 bits per heavy atom. The van der Waals surface area contributed by atoms with E-state index >= 15 is 0 Å². The number of amides is 1. The van der Waals surface area contributed by atoms with Gasteiger partial charge in [0.25, 0.3) is 5.91 Å². The smallest absolute Gasteiger partial charge is 0.256 e. The molecule has 1 fully saturated rings. The third-order valence-corrected chi connectivity index (χ3v) is 4.23. The van der Waals surface area contributed by atoms with Gasteiger partial charge in [0.05, 0.1) is 0 Å². The van der Waals surface area contributed by atoms with Crippen LogP contribution in [0, 0.1) is 6.92 Å². The van der Waals surface area contributed by atoms with Gasteiger partial charge >= 0.3 is 0 Å². The molecule has 3 rings (SSSR count). The fourth-order valence-electron chi connectivity index (χ4n) is 2.90. The van der Waals surface area contributed by atoms with Gasteiger partial charge < -0.3 is 11.1 Å². The Hall–Kier alpha value is -2.67. The van der Waals surface area contributed by atoms with Crippen molar-refractivity contribution >= 4 is 29.4 Å². The third kappa shape index (κ3) is 3.46. The molecule has 1 aliphatic heterocycles. The lowest BCUT2D eigenvalue weighted by molar-refractivity contribution is 0.100. The van der Waals surface area contributed by atoms with Gasteiger partial charge in [-0.3, -0.25) is 14.8 Å². The highest BCUT2D eigenvalue weighted by Crippen LogP contribution is 2.26. The van der Waals surface area contributed by atoms with E-state index in [1.165, 1.54) is 0 Å². The molecule has 1 atom stereocenters. The van der Waals surface area contributed by atoms with E-state index in [-0.39, 0.29) is 11.6 Å². The topological polar surface area (TPSA) is 99.4 Å². The van der Waals surface area contributed by atoms with Crippen LogP contribution in [0.2, 0.25) is 0 Å². The maximum atomic E-state index is 11.9. The first-order chi connectivity index (χ1) is 11.5. The normalized spacial score (nSPS) is 18.3. The number of aromatic amines is 1. The summed E-state index contributed by atoms with van der Waals surface area (Å²) in [6.07, 6.45) is 4.05. The number of nitrogens with one attached hydrogen (secondary N) is 2. The average molecular weight is 326 g/mol. The standard InChI is InChI=1S/C17H22N6O/c1-11-5-3-6-12(9-11)20-17-14(15(18)24)16(21-22-17)19-10-13-7-4-8-23(13)2/h3,5-6,9-10,13H,4,7-8H2,1-2H3,(H2,18,24)(H2,20,21,22). The first-order valence-electron chi connectivity index (χ1n) is 8.01. The molecule has 1 aromatic heterocycles. The average Bonchev–Trinajstić information content (AvgIpc) is 3.11. The van der Waals surface area contributed by atoms with Crippen LogP contribution < -0.4 is 11.1 Å². The fourth-order valence-corrected chi connectivity index (χ4v) is 2.90. The second-order valence-electron chi connectivity index (χ2n) is 6.12. The molecule has 1 unspecified atom stereocenters. The number of carbonyl (C=O) groups is 1. The molecule has 0 aliphatic carbocycles. The van der Waals surface area contributed by atoms with Crippen molar-refractivity contribution in [2.24, 2.45) is 10.7 Å². The second-order valence-corrected chi connectivity index (χ2v) is 6.12. The van der Waals surface area contributed by atoms with Gasteiger partial charge in [-0.2, -0.15) is 5.10 Å². The number of aliphatic imine (C=N–C) groups is 1. The minimum atomic E-state index is -0.564. The molecule has 0 radical (unpaired) electrons. The first kappa shape index (κ1) is 16.2. The molecule has 2 heterocycles. The number of aryl methyl sites for hydroxylation is 1. The van der Waals surface area contributed by atoms with Crippen molar-refractivity contribution in [2.75, 3.05) is 18.9 Å². The number of likely N-dealkylation sites (tertiary alicyclic amines) is 1. The quantitative estimate of drug-likeness (QED) is 0.734. The summed E-state index contributed by atoms with van der Waals surface area (Å²) in [7, 11) is 2.06. The van der Waals surface area contributed by atoms with Gasteiger partial charge in [-0.1, -0.05) is 12.1 Å². The predicted octanol–water partition coefficient (Wildman–Crippen LogP) is 2.36. The van der Waals surface area contributed by atoms with Crippen molar-refractivity contribution in [3.63, 3.8) is 0 Å². The number of carbonyl (C=O) groups excluding carboxylic acids is 1. The minimum Gasteiger partial charge on any atom is -0.365 e. The maximum Gasteiger partial charge on any atom is 0.256 e. The van der Waals surface area contributed by atoms with Crippen LogP contribution in [0.5, 0.6) is 0 Å². The largest absolute Gasteiger partial charge is 0.365 e. The summed E-state index contributed by atoms with van der Waals surface area (Å²) in [4.78, 5) is 18.5. The highest BCUT2D eigenvalue weighted by molar-refractivity contribution is 6.03. The lowest BCUT2D eigenvalue weighted by Gasteiger charge is -2.13. The van der Waals surface area contributed by atoms with Crippen molar-refractivity contribution in [2.45, 2.75) is 25.8 Å². The van der Waals surface area contributed by atoms with E-state index in [2.05, 4.69) is 32.5 Å². The molecule has 0 saturated carbocycles. The highest BCUT2D eigenvalue weighted by Gasteiger charge is 2.21. The Kier molecular flexibility index (Phi) is 4.61. The van der Waals surface area contributed by atoms with Crippen molar-refractivity contribution < 1.29 is 4.79 Å². The summed E-state index contributed by atoms with van der Waals surface area (Å²) < 4.78 is 0. The first-order valence-corrected chi connectivity index (χ1v) is 8.01. The van der Waals surface area contributed by atoms with Gasteiger partial charge in [-0.25, -0.2) is 4.99 Å².